The average Bonchev–Trinajstić information content (AvgIpc) is 2.19. The lowest BCUT2D eigenvalue weighted by Crippen LogP contribution is -2.18. The topological polar surface area (TPSA) is 73.6 Å². The van der Waals surface area contributed by atoms with E-state index in [-0.39, 0.29) is 6.10 Å². The van der Waals surface area contributed by atoms with E-state index in [9.17, 15) is 4.79 Å². The minimum Gasteiger partial charge on any atom is -0.495 e. The van der Waals surface area contributed by atoms with Crippen molar-refractivity contribution in [3.63, 3.8) is 0 Å². The van der Waals surface area contributed by atoms with Gasteiger partial charge in [0.2, 0.25) is 0 Å². The molecule has 0 fully saturated rings. The number of ether oxygens (including phenoxy) is 2. The maximum absolute atomic E-state index is 11.3. The van der Waals surface area contributed by atoms with Crippen LogP contribution < -0.4 is 15.8 Å². The molecular formula is C11H16N2O3. The van der Waals surface area contributed by atoms with Crippen molar-refractivity contribution in [1.29, 1.82) is 0 Å². The van der Waals surface area contributed by atoms with Gasteiger partial charge >= 0.3 is 6.09 Å². The average molecular weight is 224 g/mol. The molecule has 0 aliphatic rings. The fourth-order valence-electron chi connectivity index (χ4n) is 1.15. The van der Waals surface area contributed by atoms with Gasteiger partial charge in [0.25, 0.3) is 0 Å². The van der Waals surface area contributed by atoms with Crippen molar-refractivity contribution < 1.29 is 14.3 Å². The Hall–Kier alpha value is -1.91. The zero-order valence-electron chi connectivity index (χ0n) is 9.61. The minimum absolute atomic E-state index is 0.157. The predicted octanol–water partition coefficient (Wildman–Crippen LogP) is 2.23. The molecule has 0 heterocycles. The molecule has 0 aromatic heterocycles. The number of methoxy groups -OCH3 is 1. The highest BCUT2D eigenvalue weighted by atomic mass is 16.6. The van der Waals surface area contributed by atoms with Gasteiger partial charge < -0.3 is 15.2 Å². The highest BCUT2D eigenvalue weighted by Gasteiger charge is 2.07. The third-order valence-electron chi connectivity index (χ3n) is 1.82. The van der Waals surface area contributed by atoms with Gasteiger partial charge in [0.05, 0.1) is 18.9 Å². The van der Waals surface area contributed by atoms with E-state index in [2.05, 4.69) is 5.32 Å². The molecule has 0 unspecified atom stereocenters. The Labute approximate surface area is 94.5 Å². The molecule has 5 nitrogen and oxygen atoms in total. The summed E-state index contributed by atoms with van der Waals surface area (Å²) in [5.41, 5.74) is 6.74. The fraction of sp³-hybridized carbons (Fsp3) is 0.364. The first-order chi connectivity index (χ1) is 7.52. The highest BCUT2D eigenvalue weighted by Crippen LogP contribution is 2.24. The molecule has 0 aliphatic heterocycles. The number of hydrogen-bond donors (Lipinski definition) is 2. The number of nitrogens with two attached hydrogens (primary N) is 1. The van der Waals surface area contributed by atoms with Gasteiger partial charge in [-0.2, -0.15) is 0 Å². The van der Waals surface area contributed by atoms with E-state index in [1.54, 1.807) is 32.0 Å². The standard InChI is InChI=1S/C11H16N2O3/c1-7(2)16-11(14)13-8-4-5-9(12)10(6-8)15-3/h4-7H,12H2,1-3H3,(H,13,14). The van der Waals surface area contributed by atoms with Crippen molar-refractivity contribution in [3.05, 3.63) is 18.2 Å². The van der Waals surface area contributed by atoms with E-state index < -0.39 is 6.09 Å². The first-order valence-electron chi connectivity index (χ1n) is 4.94. The molecule has 3 N–H and O–H groups in total. The number of nitrogen functional groups attached to an aromatic ring is 1. The third kappa shape index (κ3) is 3.34. The zero-order valence-corrected chi connectivity index (χ0v) is 9.61. The van der Waals surface area contributed by atoms with Crippen LogP contribution in [0.15, 0.2) is 18.2 Å². The number of hydrogen-bond acceptors (Lipinski definition) is 4. The van der Waals surface area contributed by atoms with Crippen molar-refractivity contribution in [2.75, 3.05) is 18.2 Å². The summed E-state index contributed by atoms with van der Waals surface area (Å²) in [4.78, 5) is 11.3. The summed E-state index contributed by atoms with van der Waals surface area (Å²) in [6, 6.07) is 4.97. The van der Waals surface area contributed by atoms with Crippen LogP contribution in [-0.4, -0.2) is 19.3 Å². The molecule has 0 aliphatic carbocycles. The summed E-state index contributed by atoms with van der Waals surface area (Å²) in [6.07, 6.45) is -0.655. The van der Waals surface area contributed by atoms with Gasteiger partial charge in [-0.25, -0.2) is 4.79 Å². The number of carbonyl (C=O) groups is 1. The van der Waals surface area contributed by atoms with Crippen LogP contribution in [0.3, 0.4) is 0 Å². The summed E-state index contributed by atoms with van der Waals surface area (Å²) < 4.78 is 9.97. The van der Waals surface area contributed by atoms with Gasteiger partial charge in [-0.15, -0.1) is 0 Å². The molecule has 16 heavy (non-hydrogen) atoms. The molecule has 88 valence electrons. The van der Waals surface area contributed by atoms with E-state index in [4.69, 9.17) is 15.2 Å². The Kier molecular flexibility index (Phi) is 3.99. The predicted molar refractivity (Wildman–Crippen MR) is 62.6 cm³/mol. The van der Waals surface area contributed by atoms with Crippen molar-refractivity contribution >= 4 is 17.5 Å². The molecule has 1 amide bonds. The molecule has 0 atom stereocenters. The summed E-state index contributed by atoms with van der Waals surface area (Å²) in [6.45, 7) is 3.56. The summed E-state index contributed by atoms with van der Waals surface area (Å²) in [5.74, 6) is 0.516. The van der Waals surface area contributed by atoms with Crippen LogP contribution in [0, 0.1) is 0 Å². The molecule has 0 spiro atoms. The van der Waals surface area contributed by atoms with E-state index in [1.165, 1.54) is 7.11 Å². The van der Waals surface area contributed by atoms with Crippen LogP contribution in [0.5, 0.6) is 5.75 Å². The molecule has 5 heteroatoms. The molecule has 0 saturated carbocycles. The molecule has 1 rings (SSSR count). The molecule has 1 aromatic rings. The van der Waals surface area contributed by atoms with E-state index in [1.807, 2.05) is 0 Å². The summed E-state index contributed by atoms with van der Waals surface area (Å²) in [5, 5.41) is 2.58. The number of amides is 1. The fourth-order valence-corrected chi connectivity index (χ4v) is 1.15. The van der Waals surface area contributed by atoms with Crippen molar-refractivity contribution in [2.45, 2.75) is 20.0 Å². The minimum atomic E-state index is -0.498. The lowest BCUT2D eigenvalue weighted by molar-refractivity contribution is 0.130. The van der Waals surface area contributed by atoms with E-state index >= 15 is 0 Å². The van der Waals surface area contributed by atoms with Gasteiger partial charge in [0.1, 0.15) is 5.75 Å². The quantitative estimate of drug-likeness (QED) is 0.772. The number of rotatable bonds is 3. The summed E-state index contributed by atoms with van der Waals surface area (Å²) in [7, 11) is 1.52. The van der Waals surface area contributed by atoms with E-state index in [0.717, 1.165) is 0 Å². The van der Waals surface area contributed by atoms with Gasteiger partial charge in [-0.05, 0) is 26.0 Å². The number of benzene rings is 1. The lowest BCUT2D eigenvalue weighted by atomic mass is 10.2. The zero-order chi connectivity index (χ0) is 12.1. The largest absolute Gasteiger partial charge is 0.495 e. The Bertz CT molecular complexity index is 377. The monoisotopic (exact) mass is 224 g/mol. The Morgan fingerprint density at radius 2 is 2.12 bits per heavy atom. The van der Waals surface area contributed by atoms with Crippen molar-refractivity contribution in [1.82, 2.24) is 0 Å². The smallest absolute Gasteiger partial charge is 0.411 e. The van der Waals surface area contributed by atoms with Gasteiger partial charge in [-0.1, -0.05) is 0 Å². The van der Waals surface area contributed by atoms with Gasteiger partial charge in [0, 0.05) is 11.8 Å². The Morgan fingerprint density at radius 3 is 2.69 bits per heavy atom. The Balaban J connectivity index is 2.71. The number of carbonyl (C=O) groups excluding carboxylic acids is 1. The van der Waals surface area contributed by atoms with E-state index in [0.29, 0.717) is 17.1 Å². The second-order valence-corrected chi connectivity index (χ2v) is 3.54. The molecule has 0 saturated heterocycles. The van der Waals surface area contributed by atoms with Crippen LogP contribution in [-0.2, 0) is 4.74 Å². The van der Waals surface area contributed by atoms with Crippen LogP contribution in [0.25, 0.3) is 0 Å². The van der Waals surface area contributed by atoms with Crippen LogP contribution in [0.1, 0.15) is 13.8 Å². The van der Waals surface area contributed by atoms with Crippen LogP contribution in [0.4, 0.5) is 16.2 Å². The van der Waals surface area contributed by atoms with Crippen molar-refractivity contribution in [3.8, 4) is 5.75 Å². The summed E-state index contributed by atoms with van der Waals surface area (Å²) >= 11 is 0. The Morgan fingerprint density at radius 1 is 1.44 bits per heavy atom. The first kappa shape index (κ1) is 12.2. The van der Waals surface area contributed by atoms with Gasteiger partial charge in [0.15, 0.2) is 0 Å². The first-order valence-corrected chi connectivity index (χ1v) is 4.94. The number of anilines is 2. The lowest BCUT2D eigenvalue weighted by Gasteiger charge is -2.11. The SMILES string of the molecule is COc1cc(NC(=O)OC(C)C)ccc1N. The second-order valence-electron chi connectivity index (χ2n) is 3.54. The van der Waals surface area contributed by atoms with Crippen LogP contribution in [0.2, 0.25) is 0 Å². The molecule has 1 aromatic carbocycles. The second kappa shape index (κ2) is 5.25. The van der Waals surface area contributed by atoms with Gasteiger partial charge in [-0.3, -0.25) is 5.32 Å². The number of nitrogens with one attached hydrogen (secondary N) is 1. The molecule has 0 radical (unpaired) electrons. The maximum Gasteiger partial charge on any atom is 0.411 e. The van der Waals surface area contributed by atoms with Crippen LogP contribution >= 0.6 is 0 Å². The normalized spacial score (nSPS) is 10.0. The third-order valence-corrected chi connectivity index (χ3v) is 1.82. The molecule has 0 bridgehead atoms. The maximum atomic E-state index is 11.3. The molecular weight excluding hydrogens is 208 g/mol. The highest BCUT2D eigenvalue weighted by molar-refractivity contribution is 5.85. The van der Waals surface area contributed by atoms with Crippen molar-refractivity contribution in [2.24, 2.45) is 0 Å².